The molecule has 1 fully saturated rings. The van der Waals surface area contributed by atoms with Gasteiger partial charge >= 0.3 is 5.97 Å². The average molecular weight is 344 g/mol. The predicted octanol–water partition coefficient (Wildman–Crippen LogP) is 2.71. The summed E-state index contributed by atoms with van der Waals surface area (Å²) >= 11 is 0. The van der Waals surface area contributed by atoms with Crippen molar-refractivity contribution in [2.75, 3.05) is 13.2 Å². The number of rotatable bonds is 6. The van der Waals surface area contributed by atoms with E-state index in [0.29, 0.717) is 11.3 Å². The summed E-state index contributed by atoms with van der Waals surface area (Å²) in [6.45, 7) is -0.645. The van der Waals surface area contributed by atoms with E-state index in [4.69, 9.17) is 14.7 Å². The molecule has 1 aliphatic carbocycles. The van der Waals surface area contributed by atoms with E-state index in [1.165, 1.54) is 19.3 Å². The molecule has 0 heterocycles. The topological polar surface area (TPSA) is 88.4 Å². The van der Waals surface area contributed by atoms with Gasteiger partial charge in [-0.05, 0) is 25.0 Å². The van der Waals surface area contributed by atoms with Gasteiger partial charge in [0.2, 0.25) is 0 Å². The minimum absolute atomic E-state index is 0.172. The largest absolute Gasteiger partial charge is 0.481 e. The van der Waals surface area contributed by atoms with Crippen molar-refractivity contribution in [1.82, 2.24) is 5.32 Å². The highest BCUT2D eigenvalue weighted by atomic mass is 16.6. The van der Waals surface area contributed by atoms with E-state index >= 15 is 0 Å². The first-order valence-corrected chi connectivity index (χ1v) is 8.76. The van der Waals surface area contributed by atoms with Crippen molar-refractivity contribution in [3.05, 3.63) is 29.8 Å². The lowest BCUT2D eigenvalue weighted by molar-refractivity contribution is -0.150. The van der Waals surface area contributed by atoms with Crippen LogP contribution in [0.15, 0.2) is 24.3 Å². The Morgan fingerprint density at radius 2 is 1.76 bits per heavy atom. The standard InChI is InChI=1S/C19H24N2O4/c20-12-15-8-6-7-11-17(15)24-14-19(23)25-13-18(22)21-16-9-4-2-1-3-5-10-16/h6-8,11,16H,1-5,9-10,13-14H2,(H,21,22). The van der Waals surface area contributed by atoms with Gasteiger partial charge in [-0.25, -0.2) is 4.79 Å². The molecule has 1 N–H and O–H groups in total. The Kier molecular flexibility index (Phi) is 7.77. The van der Waals surface area contributed by atoms with Crippen LogP contribution in [0.3, 0.4) is 0 Å². The van der Waals surface area contributed by atoms with Crippen molar-refractivity contribution < 1.29 is 19.1 Å². The molecule has 6 nitrogen and oxygen atoms in total. The van der Waals surface area contributed by atoms with E-state index < -0.39 is 5.97 Å². The average Bonchev–Trinajstić information content (AvgIpc) is 2.60. The third-order valence-corrected chi connectivity index (χ3v) is 4.19. The molecule has 1 amide bonds. The Bertz CT molecular complexity index is 616. The van der Waals surface area contributed by atoms with Crippen LogP contribution in [0.2, 0.25) is 0 Å². The molecule has 0 aromatic heterocycles. The number of hydrogen-bond acceptors (Lipinski definition) is 5. The summed E-state index contributed by atoms with van der Waals surface area (Å²) in [5.41, 5.74) is 0.345. The molecule has 2 rings (SSSR count). The number of carbonyl (C=O) groups is 2. The second-order valence-corrected chi connectivity index (χ2v) is 6.17. The number of nitriles is 1. The number of benzene rings is 1. The molecule has 1 aromatic carbocycles. The quantitative estimate of drug-likeness (QED) is 0.802. The van der Waals surface area contributed by atoms with Crippen molar-refractivity contribution in [3.63, 3.8) is 0 Å². The summed E-state index contributed by atoms with van der Waals surface area (Å²) in [6.07, 6.45) is 7.90. The second kappa shape index (κ2) is 10.3. The van der Waals surface area contributed by atoms with E-state index in [9.17, 15) is 9.59 Å². The summed E-state index contributed by atoms with van der Waals surface area (Å²) in [5, 5.41) is 11.9. The summed E-state index contributed by atoms with van der Waals surface area (Å²) in [4.78, 5) is 23.6. The van der Waals surface area contributed by atoms with Crippen molar-refractivity contribution in [1.29, 1.82) is 5.26 Å². The summed E-state index contributed by atoms with van der Waals surface area (Å²) in [7, 11) is 0. The summed E-state index contributed by atoms with van der Waals surface area (Å²) in [6, 6.07) is 8.78. The molecular weight excluding hydrogens is 320 g/mol. The minimum Gasteiger partial charge on any atom is -0.481 e. The molecule has 0 aliphatic heterocycles. The van der Waals surface area contributed by atoms with E-state index in [1.807, 2.05) is 6.07 Å². The van der Waals surface area contributed by atoms with Crippen molar-refractivity contribution >= 4 is 11.9 Å². The van der Waals surface area contributed by atoms with Crippen LogP contribution in [0, 0.1) is 11.3 Å². The molecule has 6 heteroatoms. The van der Waals surface area contributed by atoms with Crippen LogP contribution in [0.5, 0.6) is 5.75 Å². The minimum atomic E-state index is -0.638. The molecule has 0 saturated heterocycles. The molecular formula is C19H24N2O4. The van der Waals surface area contributed by atoms with Gasteiger partial charge in [-0.1, -0.05) is 44.2 Å². The first-order chi connectivity index (χ1) is 12.2. The lowest BCUT2D eigenvalue weighted by atomic mass is 9.97. The molecule has 134 valence electrons. The maximum Gasteiger partial charge on any atom is 0.344 e. The fourth-order valence-corrected chi connectivity index (χ4v) is 2.88. The van der Waals surface area contributed by atoms with E-state index in [0.717, 1.165) is 25.7 Å². The van der Waals surface area contributed by atoms with Gasteiger partial charge < -0.3 is 14.8 Å². The molecule has 25 heavy (non-hydrogen) atoms. The van der Waals surface area contributed by atoms with E-state index in [-0.39, 0.29) is 25.2 Å². The van der Waals surface area contributed by atoms with Gasteiger partial charge in [0.05, 0.1) is 5.56 Å². The molecule has 1 aromatic rings. The zero-order valence-corrected chi connectivity index (χ0v) is 14.3. The molecule has 0 unspecified atom stereocenters. The Morgan fingerprint density at radius 3 is 2.48 bits per heavy atom. The Hall–Kier alpha value is -2.55. The van der Waals surface area contributed by atoms with Crippen LogP contribution in [0.25, 0.3) is 0 Å². The number of amides is 1. The number of carbonyl (C=O) groups excluding carboxylic acids is 2. The molecule has 1 saturated carbocycles. The van der Waals surface area contributed by atoms with Crippen LogP contribution in [0.4, 0.5) is 0 Å². The third-order valence-electron chi connectivity index (χ3n) is 4.19. The smallest absolute Gasteiger partial charge is 0.344 e. The highest BCUT2D eigenvalue weighted by molar-refractivity contribution is 5.81. The van der Waals surface area contributed by atoms with Crippen molar-refractivity contribution in [3.8, 4) is 11.8 Å². The highest BCUT2D eigenvalue weighted by Gasteiger charge is 2.15. The highest BCUT2D eigenvalue weighted by Crippen LogP contribution is 2.17. The number of esters is 1. The van der Waals surface area contributed by atoms with Gasteiger partial charge in [0.15, 0.2) is 13.2 Å². The first kappa shape index (κ1) is 18.8. The third kappa shape index (κ3) is 6.84. The van der Waals surface area contributed by atoms with Gasteiger partial charge in [0.1, 0.15) is 11.8 Å². The lowest BCUT2D eigenvalue weighted by Gasteiger charge is -2.20. The summed E-state index contributed by atoms with van der Waals surface area (Å²) in [5.74, 6) is -0.599. The molecule has 0 spiro atoms. The van der Waals surface area contributed by atoms with Crippen LogP contribution in [-0.4, -0.2) is 31.1 Å². The molecule has 0 atom stereocenters. The maximum absolute atomic E-state index is 11.9. The Labute approximate surface area is 148 Å². The predicted molar refractivity (Wildman–Crippen MR) is 91.9 cm³/mol. The van der Waals surface area contributed by atoms with E-state index in [2.05, 4.69) is 5.32 Å². The number of nitrogens with one attached hydrogen (secondary N) is 1. The fraction of sp³-hybridized carbons (Fsp3) is 0.526. The monoisotopic (exact) mass is 344 g/mol. The first-order valence-electron chi connectivity index (χ1n) is 8.76. The maximum atomic E-state index is 11.9. The van der Waals surface area contributed by atoms with E-state index in [1.54, 1.807) is 24.3 Å². The number of hydrogen-bond donors (Lipinski definition) is 1. The van der Waals surface area contributed by atoms with Crippen molar-refractivity contribution in [2.24, 2.45) is 0 Å². The number of para-hydroxylation sites is 1. The van der Waals surface area contributed by atoms with Gasteiger partial charge in [-0.2, -0.15) is 5.26 Å². The lowest BCUT2D eigenvalue weighted by Crippen LogP contribution is -2.38. The second-order valence-electron chi connectivity index (χ2n) is 6.17. The zero-order chi connectivity index (χ0) is 17.9. The van der Waals surface area contributed by atoms with Gasteiger partial charge in [0, 0.05) is 6.04 Å². The number of ether oxygens (including phenoxy) is 2. The van der Waals surface area contributed by atoms with Gasteiger partial charge in [-0.3, -0.25) is 4.79 Å². The SMILES string of the molecule is N#Cc1ccccc1OCC(=O)OCC(=O)NC1CCCCCCC1. The zero-order valence-electron chi connectivity index (χ0n) is 14.3. The molecule has 1 aliphatic rings. The van der Waals surface area contributed by atoms with Gasteiger partial charge in [-0.15, -0.1) is 0 Å². The molecule has 0 bridgehead atoms. The Balaban J connectivity index is 1.68. The van der Waals surface area contributed by atoms with Crippen LogP contribution in [0.1, 0.15) is 50.5 Å². The number of nitrogens with zero attached hydrogens (tertiary/aromatic N) is 1. The van der Waals surface area contributed by atoms with Crippen LogP contribution in [-0.2, 0) is 14.3 Å². The van der Waals surface area contributed by atoms with Crippen LogP contribution >= 0.6 is 0 Å². The normalized spacial score (nSPS) is 15.3. The van der Waals surface area contributed by atoms with Crippen LogP contribution < -0.4 is 10.1 Å². The Morgan fingerprint density at radius 1 is 1.08 bits per heavy atom. The van der Waals surface area contributed by atoms with Crippen molar-refractivity contribution in [2.45, 2.75) is 51.0 Å². The summed E-state index contributed by atoms with van der Waals surface area (Å²) < 4.78 is 10.2. The van der Waals surface area contributed by atoms with Gasteiger partial charge in [0.25, 0.3) is 5.91 Å². The fourth-order valence-electron chi connectivity index (χ4n) is 2.88. The molecule has 0 radical (unpaired) electrons.